The summed E-state index contributed by atoms with van der Waals surface area (Å²) in [6, 6.07) is 26.3. The minimum absolute atomic E-state index is 0.114. The fourth-order valence-electron chi connectivity index (χ4n) is 4.98. The predicted octanol–water partition coefficient (Wildman–Crippen LogP) is 4.95. The number of amides is 2. The Morgan fingerprint density at radius 2 is 1.29 bits per heavy atom. The van der Waals surface area contributed by atoms with E-state index in [2.05, 4.69) is 0 Å². The predicted molar refractivity (Wildman–Crippen MR) is 146 cm³/mol. The molecule has 2 amide bonds. The molecule has 5 aromatic rings. The van der Waals surface area contributed by atoms with Crippen LogP contribution in [0.25, 0.3) is 32.8 Å². The first-order valence-electron chi connectivity index (χ1n) is 11.9. The van der Waals surface area contributed by atoms with Crippen molar-refractivity contribution in [2.75, 3.05) is 14.2 Å². The van der Waals surface area contributed by atoms with E-state index in [0.29, 0.717) is 27.8 Å². The molecule has 2 heterocycles. The smallest absolute Gasteiger partial charge is 0.268 e. The van der Waals surface area contributed by atoms with E-state index in [1.165, 1.54) is 36.5 Å². The molecule has 38 heavy (non-hydrogen) atoms. The second-order valence-electron chi connectivity index (χ2n) is 8.99. The molecule has 188 valence electrons. The largest absolute Gasteiger partial charge is 0.496 e. The summed E-state index contributed by atoms with van der Waals surface area (Å²) in [7, 11) is -1.05. The third-order valence-corrected chi connectivity index (χ3v) is 8.56. The summed E-state index contributed by atoms with van der Waals surface area (Å²) in [6.45, 7) is 0. The molecule has 1 aromatic heterocycles. The van der Waals surface area contributed by atoms with Gasteiger partial charge in [-0.25, -0.2) is 12.4 Å². The van der Waals surface area contributed by atoms with Crippen molar-refractivity contribution in [3.63, 3.8) is 0 Å². The zero-order valence-corrected chi connectivity index (χ0v) is 21.4. The average molecular weight is 523 g/mol. The molecule has 0 aliphatic carbocycles. The topological polar surface area (TPSA) is 85.7 Å². The molecule has 0 N–H and O–H groups in total. The van der Waals surface area contributed by atoms with Crippen LogP contribution in [-0.2, 0) is 19.6 Å². The monoisotopic (exact) mass is 522 g/mol. The van der Waals surface area contributed by atoms with Crippen molar-refractivity contribution in [3.8, 4) is 5.75 Å². The Kier molecular flexibility index (Phi) is 5.43. The Hall–Kier alpha value is -4.69. The molecule has 0 radical (unpaired) electrons. The molecular formula is C30H22N2O5S. The van der Waals surface area contributed by atoms with Crippen molar-refractivity contribution in [1.29, 1.82) is 0 Å². The van der Waals surface area contributed by atoms with Crippen LogP contribution in [0.15, 0.2) is 102 Å². The summed E-state index contributed by atoms with van der Waals surface area (Å²) in [5, 5.41) is 2.33. The highest BCUT2D eigenvalue weighted by Crippen LogP contribution is 2.43. The second kappa shape index (κ2) is 8.71. The van der Waals surface area contributed by atoms with Crippen LogP contribution >= 0.6 is 0 Å². The van der Waals surface area contributed by atoms with E-state index >= 15 is 0 Å². The molecule has 0 saturated carbocycles. The number of ether oxygens (including phenoxy) is 1. The minimum Gasteiger partial charge on any atom is -0.496 e. The first kappa shape index (κ1) is 23.7. The molecule has 0 atom stereocenters. The lowest BCUT2D eigenvalue weighted by Gasteiger charge is -2.12. The van der Waals surface area contributed by atoms with Gasteiger partial charge in [-0.15, -0.1) is 0 Å². The van der Waals surface area contributed by atoms with Crippen molar-refractivity contribution in [2.24, 2.45) is 0 Å². The van der Waals surface area contributed by atoms with Gasteiger partial charge in [0.05, 0.1) is 28.7 Å². The highest BCUT2D eigenvalue weighted by atomic mass is 32.2. The lowest BCUT2D eigenvalue weighted by molar-refractivity contribution is -0.134. The highest BCUT2D eigenvalue weighted by Gasteiger charge is 2.40. The number of para-hydroxylation sites is 1. The van der Waals surface area contributed by atoms with Gasteiger partial charge in [-0.05, 0) is 41.1 Å². The number of methoxy groups -OCH3 is 1. The lowest BCUT2D eigenvalue weighted by Crippen LogP contribution is -2.26. The van der Waals surface area contributed by atoms with Gasteiger partial charge < -0.3 is 4.74 Å². The summed E-state index contributed by atoms with van der Waals surface area (Å²) in [6.07, 6.45) is 1.43. The number of fused-ring (bicyclic) bond motifs is 2. The molecule has 1 aliphatic rings. The Labute approximate surface area is 219 Å². The number of aromatic nitrogens is 1. The van der Waals surface area contributed by atoms with Gasteiger partial charge in [0.15, 0.2) is 0 Å². The molecule has 1 aliphatic heterocycles. The Morgan fingerprint density at radius 1 is 0.711 bits per heavy atom. The average Bonchev–Trinajstić information content (AvgIpc) is 3.44. The van der Waals surface area contributed by atoms with E-state index in [0.717, 1.165) is 15.7 Å². The number of hydrogen-bond acceptors (Lipinski definition) is 5. The van der Waals surface area contributed by atoms with Crippen LogP contribution in [0, 0.1) is 0 Å². The van der Waals surface area contributed by atoms with Crippen LogP contribution in [0.5, 0.6) is 5.75 Å². The van der Waals surface area contributed by atoms with Gasteiger partial charge in [0, 0.05) is 29.8 Å². The third kappa shape index (κ3) is 3.45. The SMILES string of the molecule is COc1cc2ccccc2cc1C1=C(c2cn(S(=O)(=O)c3ccccc3)c3ccccc23)C(=O)N(C)C1=O. The molecule has 0 fully saturated rings. The molecule has 7 nitrogen and oxygen atoms in total. The van der Waals surface area contributed by atoms with Crippen LogP contribution in [0.1, 0.15) is 11.1 Å². The molecule has 0 spiro atoms. The molecule has 4 aromatic carbocycles. The van der Waals surface area contributed by atoms with E-state index < -0.39 is 21.8 Å². The van der Waals surface area contributed by atoms with Crippen LogP contribution < -0.4 is 4.74 Å². The molecule has 8 heteroatoms. The fraction of sp³-hybridized carbons (Fsp3) is 0.0667. The fourth-order valence-corrected chi connectivity index (χ4v) is 6.37. The van der Waals surface area contributed by atoms with Gasteiger partial charge in [0.1, 0.15) is 5.75 Å². The Bertz CT molecular complexity index is 1920. The molecular weight excluding hydrogens is 500 g/mol. The van der Waals surface area contributed by atoms with Gasteiger partial charge in [-0.1, -0.05) is 60.7 Å². The van der Waals surface area contributed by atoms with Crippen LogP contribution in [0.2, 0.25) is 0 Å². The molecule has 0 unspecified atom stereocenters. The highest BCUT2D eigenvalue weighted by molar-refractivity contribution is 7.90. The summed E-state index contributed by atoms with van der Waals surface area (Å²) in [5.41, 5.74) is 1.52. The van der Waals surface area contributed by atoms with Crippen LogP contribution in [-0.4, -0.2) is 43.3 Å². The quantitative estimate of drug-likeness (QED) is 0.305. The van der Waals surface area contributed by atoms with Gasteiger partial charge in [-0.3, -0.25) is 14.5 Å². The first-order chi connectivity index (χ1) is 18.3. The maximum absolute atomic E-state index is 13.6. The van der Waals surface area contributed by atoms with Crippen molar-refractivity contribution in [3.05, 3.63) is 108 Å². The molecule has 0 bridgehead atoms. The Balaban J connectivity index is 1.68. The standard InChI is InChI=1S/C30H22N2O5S/c1-31-29(33)27(23-16-19-10-6-7-11-20(19)17-26(23)37-2)28(30(31)34)24-18-32(25-15-9-8-14-22(24)25)38(35,36)21-12-4-3-5-13-21/h3-18H,1-2H3. The van der Waals surface area contributed by atoms with Gasteiger partial charge in [0.25, 0.3) is 21.8 Å². The first-order valence-corrected chi connectivity index (χ1v) is 13.3. The van der Waals surface area contributed by atoms with Crippen molar-refractivity contribution in [2.45, 2.75) is 4.90 Å². The zero-order chi connectivity index (χ0) is 26.6. The summed E-state index contributed by atoms with van der Waals surface area (Å²) >= 11 is 0. The minimum atomic E-state index is -3.98. The van der Waals surface area contributed by atoms with Crippen molar-refractivity contribution < 1.29 is 22.7 Å². The number of carbonyl (C=O) groups is 2. The Morgan fingerprint density at radius 3 is 1.97 bits per heavy atom. The van der Waals surface area contributed by atoms with E-state index in [9.17, 15) is 18.0 Å². The van der Waals surface area contributed by atoms with E-state index in [1.807, 2.05) is 36.4 Å². The molecule has 6 rings (SSSR count). The van der Waals surface area contributed by atoms with Gasteiger partial charge in [0.2, 0.25) is 0 Å². The number of carbonyl (C=O) groups excluding carboxylic acids is 2. The summed E-state index contributed by atoms with van der Waals surface area (Å²) in [5.74, 6) is -0.560. The maximum Gasteiger partial charge on any atom is 0.268 e. The number of nitrogens with zero attached hydrogens (tertiary/aromatic N) is 2. The van der Waals surface area contributed by atoms with E-state index in [-0.39, 0.29) is 16.0 Å². The van der Waals surface area contributed by atoms with Gasteiger partial charge >= 0.3 is 0 Å². The number of likely N-dealkylation sites (N-methyl/N-ethyl adjacent to an activating group) is 1. The number of hydrogen-bond donors (Lipinski definition) is 0. The van der Waals surface area contributed by atoms with E-state index in [4.69, 9.17) is 4.74 Å². The van der Waals surface area contributed by atoms with Gasteiger partial charge in [-0.2, -0.15) is 0 Å². The number of benzene rings is 4. The summed E-state index contributed by atoms with van der Waals surface area (Å²) < 4.78 is 34.1. The zero-order valence-electron chi connectivity index (χ0n) is 20.6. The third-order valence-electron chi connectivity index (χ3n) is 6.87. The maximum atomic E-state index is 13.6. The second-order valence-corrected chi connectivity index (χ2v) is 10.8. The number of imide groups is 1. The molecule has 0 saturated heterocycles. The normalized spacial score (nSPS) is 14.2. The van der Waals surface area contributed by atoms with Crippen LogP contribution in [0.3, 0.4) is 0 Å². The van der Waals surface area contributed by atoms with E-state index in [1.54, 1.807) is 42.5 Å². The van der Waals surface area contributed by atoms with Crippen LogP contribution in [0.4, 0.5) is 0 Å². The lowest BCUT2D eigenvalue weighted by atomic mass is 9.93. The van der Waals surface area contributed by atoms with Crippen molar-refractivity contribution in [1.82, 2.24) is 8.87 Å². The van der Waals surface area contributed by atoms with Crippen molar-refractivity contribution >= 4 is 54.7 Å². The summed E-state index contributed by atoms with van der Waals surface area (Å²) in [4.78, 5) is 28.3. The number of rotatable bonds is 5.